The fourth-order valence-corrected chi connectivity index (χ4v) is 1.84. The van der Waals surface area contributed by atoms with Crippen LogP contribution in [0.5, 0.6) is 0 Å². The van der Waals surface area contributed by atoms with E-state index in [2.05, 4.69) is 17.2 Å². The van der Waals surface area contributed by atoms with Gasteiger partial charge in [-0.25, -0.2) is 4.39 Å². The third-order valence-corrected chi connectivity index (χ3v) is 2.90. The second kappa shape index (κ2) is 6.89. The monoisotopic (exact) mass is 302 g/mol. The molecular weight excluding hydrogens is 291 g/mol. The summed E-state index contributed by atoms with van der Waals surface area (Å²) >= 11 is 5.93. The number of amides is 1. The molecule has 0 radical (unpaired) electrons. The third kappa shape index (κ3) is 4.06. The smallest absolute Gasteiger partial charge is 0.255 e. The molecule has 0 atom stereocenters. The molecule has 0 aliphatic heterocycles. The van der Waals surface area contributed by atoms with Crippen LogP contribution in [0.25, 0.3) is 0 Å². The van der Waals surface area contributed by atoms with E-state index in [0.717, 1.165) is 0 Å². The molecule has 3 N–H and O–H groups in total. The highest BCUT2D eigenvalue weighted by atomic mass is 35.5. The fraction of sp³-hybridized carbons (Fsp3) is 0.0625. The Hall–Kier alpha value is -2.35. The Kier molecular flexibility index (Phi) is 4.94. The molecule has 0 fully saturated rings. The average molecular weight is 303 g/mol. The Labute approximate surface area is 126 Å². The van der Waals surface area contributed by atoms with Crippen LogP contribution in [0.4, 0.5) is 10.1 Å². The van der Waals surface area contributed by atoms with Crippen molar-refractivity contribution in [2.75, 3.05) is 11.9 Å². The molecule has 2 aromatic rings. The third-order valence-electron chi connectivity index (χ3n) is 2.66. The van der Waals surface area contributed by atoms with Gasteiger partial charge in [-0.1, -0.05) is 23.4 Å². The molecule has 0 saturated carbocycles. The minimum Gasteiger partial charge on any atom is -0.321 e. The van der Waals surface area contributed by atoms with E-state index in [-0.39, 0.29) is 12.5 Å². The highest BCUT2D eigenvalue weighted by Crippen LogP contribution is 2.21. The molecule has 3 nitrogen and oxygen atoms in total. The molecule has 106 valence electrons. The predicted octanol–water partition coefficient (Wildman–Crippen LogP) is 3.04. The maximum atomic E-state index is 12.9. The van der Waals surface area contributed by atoms with E-state index in [1.807, 2.05) is 0 Å². The van der Waals surface area contributed by atoms with E-state index < -0.39 is 5.82 Å². The normalized spacial score (nSPS) is 9.67. The van der Waals surface area contributed by atoms with Crippen molar-refractivity contribution < 1.29 is 9.18 Å². The van der Waals surface area contributed by atoms with Crippen LogP contribution < -0.4 is 11.1 Å². The van der Waals surface area contributed by atoms with Gasteiger partial charge in [-0.3, -0.25) is 4.79 Å². The first-order valence-corrected chi connectivity index (χ1v) is 6.53. The molecule has 0 aliphatic carbocycles. The van der Waals surface area contributed by atoms with Gasteiger partial charge in [0, 0.05) is 16.1 Å². The quantitative estimate of drug-likeness (QED) is 0.838. The van der Waals surface area contributed by atoms with Crippen LogP contribution in [0.3, 0.4) is 0 Å². The molecule has 0 aliphatic rings. The van der Waals surface area contributed by atoms with Gasteiger partial charge in [0.15, 0.2) is 0 Å². The zero-order chi connectivity index (χ0) is 15.2. The van der Waals surface area contributed by atoms with Crippen molar-refractivity contribution in [3.05, 3.63) is 64.4 Å². The summed E-state index contributed by atoms with van der Waals surface area (Å²) in [5.41, 5.74) is 6.78. The maximum absolute atomic E-state index is 12.9. The Bertz CT molecular complexity index is 717. The summed E-state index contributed by atoms with van der Waals surface area (Å²) in [6.45, 7) is 0.216. The second-order valence-corrected chi connectivity index (χ2v) is 4.59. The minimum absolute atomic E-state index is 0.216. The summed E-state index contributed by atoms with van der Waals surface area (Å²) in [6.07, 6.45) is 0. The lowest BCUT2D eigenvalue weighted by molar-refractivity contribution is 0.102. The van der Waals surface area contributed by atoms with Gasteiger partial charge in [-0.15, -0.1) is 0 Å². The molecule has 2 aromatic carbocycles. The SMILES string of the molecule is NCC#Cc1ccc(Cl)cc1NC(=O)c1ccc(F)cc1. The van der Waals surface area contributed by atoms with Crippen LogP contribution in [0.15, 0.2) is 42.5 Å². The summed E-state index contributed by atoms with van der Waals surface area (Å²) in [5.74, 6) is 4.81. The summed E-state index contributed by atoms with van der Waals surface area (Å²) in [5, 5.41) is 3.18. The van der Waals surface area contributed by atoms with Gasteiger partial charge in [-0.2, -0.15) is 0 Å². The standard InChI is InChI=1S/C16H12ClFN2O/c17-13-6-3-11(2-1-9-19)15(10-13)20-16(21)12-4-7-14(18)8-5-12/h3-8,10H,9,19H2,(H,20,21). The summed E-state index contributed by atoms with van der Waals surface area (Å²) in [6, 6.07) is 10.2. The van der Waals surface area contributed by atoms with Gasteiger partial charge >= 0.3 is 0 Å². The number of nitrogens with one attached hydrogen (secondary N) is 1. The van der Waals surface area contributed by atoms with E-state index in [1.54, 1.807) is 18.2 Å². The summed E-state index contributed by atoms with van der Waals surface area (Å²) < 4.78 is 12.9. The van der Waals surface area contributed by atoms with Gasteiger partial charge in [0.25, 0.3) is 5.91 Å². The topological polar surface area (TPSA) is 55.1 Å². The van der Waals surface area contributed by atoms with Crippen molar-refractivity contribution >= 4 is 23.2 Å². The van der Waals surface area contributed by atoms with Gasteiger partial charge in [0.1, 0.15) is 5.82 Å². The van der Waals surface area contributed by atoms with Gasteiger partial charge in [0.2, 0.25) is 0 Å². The molecule has 0 bridgehead atoms. The van der Waals surface area contributed by atoms with Crippen LogP contribution in [-0.2, 0) is 0 Å². The van der Waals surface area contributed by atoms with Crippen molar-refractivity contribution in [3.8, 4) is 11.8 Å². The van der Waals surface area contributed by atoms with Crippen LogP contribution in [-0.4, -0.2) is 12.5 Å². The van der Waals surface area contributed by atoms with E-state index in [4.69, 9.17) is 17.3 Å². The number of carbonyl (C=O) groups excluding carboxylic acids is 1. The molecule has 0 aromatic heterocycles. The molecule has 0 unspecified atom stereocenters. The Morgan fingerprint density at radius 1 is 1.24 bits per heavy atom. The number of halogens is 2. The highest BCUT2D eigenvalue weighted by molar-refractivity contribution is 6.31. The van der Waals surface area contributed by atoms with Crippen LogP contribution in [0, 0.1) is 17.7 Å². The maximum Gasteiger partial charge on any atom is 0.255 e. The molecule has 21 heavy (non-hydrogen) atoms. The molecular formula is C16H12ClFN2O. The summed E-state index contributed by atoms with van der Waals surface area (Å²) in [4.78, 5) is 12.1. The Balaban J connectivity index is 2.27. The Morgan fingerprint density at radius 2 is 1.95 bits per heavy atom. The first-order chi connectivity index (χ1) is 10.1. The van der Waals surface area contributed by atoms with Gasteiger partial charge < -0.3 is 11.1 Å². The van der Waals surface area contributed by atoms with Crippen molar-refractivity contribution in [1.82, 2.24) is 0 Å². The number of hydrogen-bond donors (Lipinski definition) is 2. The number of benzene rings is 2. The molecule has 1 amide bonds. The second-order valence-electron chi connectivity index (χ2n) is 4.16. The zero-order valence-electron chi connectivity index (χ0n) is 11.0. The first-order valence-electron chi connectivity index (χ1n) is 6.15. The lowest BCUT2D eigenvalue weighted by Crippen LogP contribution is -2.13. The van der Waals surface area contributed by atoms with E-state index in [1.165, 1.54) is 24.3 Å². The number of nitrogens with two attached hydrogens (primary N) is 1. The first kappa shape index (κ1) is 15.0. The van der Waals surface area contributed by atoms with Crippen molar-refractivity contribution in [1.29, 1.82) is 0 Å². The summed E-state index contributed by atoms with van der Waals surface area (Å²) in [7, 11) is 0. The van der Waals surface area contributed by atoms with Crippen molar-refractivity contribution in [2.45, 2.75) is 0 Å². The van der Waals surface area contributed by atoms with E-state index >= 15 is 0 Å². The van der Waals surface area contributed by atoms with Crippen molar-refractivity contribution in [3.63, 3.8) is 0 Å². The molecule has 0 saturated heterocycles. The van der Waals surface area contributed by atoms with Crippen molar-refractivity contribution in [2.24, 2.45) is 5.73 Å². The van der Waals surface area contributed by atoms with E-state index in [9.17, 15) is 9.18 Å². The van der Waals surface area contributed by atoms with Crippen LogP contribution in [0.1, 0.15) is 15.9 Å². The largest absolute Gasteiger partial charge is 0.321 e. The number of carbonyl (C=O) groups is 1. The average Bonchev–Trinajstić information content (AvgIpc) is 2.47. The fourth-order valence-electron chi connectivity index (χ4n) is 1.67. The minimum atomic E-state index is -0.399. The molecule has 2 rings (SSSR count). The highest BCUT2D eigenvalue weighted by Gasteiger charge is 2.09. The lowest BCUT2D eigenvalue weighted by Gasteiger charge is -2.08. The van der Waals surface area contributed by atoms with Crippen LogP contribution >= 0.6 is 11.6 Å². The molecule has 0 heterocycles. The van der Waals surface area contributed by atoms with Gasteiger partial charge in [0.05, 0.1) is 12.2 Å². The zero-order valence-corrected chi connectivity index (χ0v) is 11.7. The van der Waals surface area contributed by atoms with Gasteiger partial charge in [-0.05, 0) is 42.5 Å². The lowest BCUT2D eigenvalue weighted by atomic mass is 10.1. The number of rotatable bonds is 2. The van der Waals surface area contributed by atoms with E-state index in [0.29, 0.717) is 21.8 Å². The number of hydrogen-bond acceptors (Lipinski definition) is 2. The number of anilines is 1. The molecule has 5 heteroatoms. The van der Waals surface area contributed by atoms with Crippen LogP contribution in [0.2, 0.25) is 5.02 Å². The molecule has 0 spiro atoms. The Morgan fingerprint density at radius 3 is 2.62 bits per heavy atom. The predicted molar refractivity (Wildman–Crippen MR) is 81.7 cm³/mol.